The van der Waals surface area contributed by atoms with Crippen LogP contribution in [0.25, 0.3) is 0 Å². The summed E-state index contributed by atoms with van der Waals surface area (Å²) < 4.78 is 37.1. The van der Waals surface area contributed by atoms with Crippen molar-refractivity contribution in [3.05, 3.63) is 35.4 Å². The Morgan fingerprint density at radius 3 is 2.26 bits per heavy atom. The molecule has 0 aliphatic heterocycles. The third-order valence-corrected chi connectivity index (χ3v) is 3.06. The van der Waals surface area contributed by atoms with Gasteiger partial charge >= 0.3 is 6.18 Å². The van der Waals surface area contributed by atoms with Gasteiger partial charge in [0, 0.05) is 12.0 Å². The van der Waals surface area contributed by atoms with Gasteiger partial charge in [-0.25, -0.2) is 0 Å². The predicted octanol–water partition coefficient (Wildman–Crippen LogP) is 3.65. The average Bonchev–Trinajstić information content (AvgIpc) is 2.35. The minimum Gasteiger partial charge on any atom is -0.330 e. The van der Waals surface area contributed by atoms with Gasteiger partial charge in [-0.05, 0) is 37.4 Å². The van der Waals surface area contributed by atoms with E-state index in [9.17, 15) is 18.0 Å². The molecule has 0 saturated carbocycles. The molecule has 2 N–H and O–H groups in total. The van der Waals surface area contributed by atoms with Crippen molar-refractivity contribution in [2.75, 3.05) is 6.54 Å². The number of carbonyl (C=O) groups excluding carboxylic acids is 1. The molecular weight excluding hydrogens is 255 g/mol. The van der Waals surface area contributed by atoms with Crippen molar-refractivity contribution in [2.45, 2.75) is 32.4 Å². The van der Waals surface area contributed by atoms with Crippen LogP contribution >= 0.6 is 0 Å². The first kappa shape index (κ1) is 15.7. The molecular formula is C14H18F3NO. The van der Waals surface area contributed by atoms with Gasteiger partial charge in [0.1, 0.15) is 0 Å². The second kappa shape index (κ2) is 6.70. The first-order valence-electron chi connectivity index (χ1n) is 6.25. The van der Waals surface area contributed by atoms with Crippen LogP contribution in [0.4, 0.5) is 13.2 Å². The highest BCUT2D eigenvalue weighted by Gasteiger charge is 2.30. The topological polar surface area (TPSA) is 43.1 Å². The minimum absolute atomic E-state index is 0.127. The Hall–Kier alpha value is -1.36. The largest absolute Gasteiger partial charge is 0.416 e. The number of ketones is 1. The zero-order valence-corrected chi connectivity index (χ0v) is 10.8. The van der Waals surface area contributed by atoms with Crippen LogP contribution in [0.1, 0.15) is 42.1 Å². The van der Waals surface area contributed by atoms with E-state index in [1.165, 1.54) is 12.1 Å². The molecule has 1 aromatic carbocycles. The van der Waals surface area contributed by atoms with Gasteiger partial charge in [0.2, 0.25) is 0 Å². The lowest BCUT2D eigenvalue weighted by molar-refractivity contribution is -0.137. The van der Waals surface area contributed by atoms with Crippen LogP contribution in [0.15, 0.2) is 24.3 Å². The molecule has 106 valence electrons. The average molecular weight is 273 g/mol. The molecule has 0 aliphatic carbocycles. The van der Waals surface area contributed by atoms with Gasteiger partial charge in [0.25, 0.3) is 0 Å². The second-order valence-corrected chi connectivity index (χ2v) is 4.72. The number of carbonyl (C=O) groups is 1. The summed E-state index contributed by atoms with van der Waals surface area (Å²) in [7, 11) is 0. The Labute approximate surface area is 110 Å². The second-order valence-electron chi connectivity index (χ2n) is 4.72. The van der Waals surface area contributed by atoms with Crippen LogP contribution in [-0.2, 0) is 6.18 Å². The molecule has 0 amide bonds. The number of hydrogen-bond acceptors (Lipinski definition) is 2. The summed E-state index contributed by atoms with van der Waals surface area (Å²) in [5, 5.41) is 0. The molecule has 0 bridgehead atoms. The molecule has 0 saturated heterocycles. The molecule has 0 fully saturated rings. The van der Waals surface area contributed by atoms with Crippen LogP contribution in [0.5, 0.6) is 0 Å². The third-order valence-electron chi connectivity index (χ3n) is 3.06. The van der Waals surface area contributed by atoms with E-state index in [4.69, 9.17) is 5.73 Å². The maximum atomic E-state index is 12.4. The van der Waals surface area contributed by atoms with Crippen LogP contribution in [-0.4, -0.2) is 12.3 Å². The zero-order chi connectivity index (χ0) is 14.5. The lowest BCUT2D eigenvalue weighted by Gasteiger charge is -2.10. The van der Waals surface area contributed by atoms with Gasteiger partial charge in [-0.3, -0.25) is 4.79 Å². The maximum absolute atomic E-state index is 12.4. The number of nitrogens with two attached hydrogens (primary N) is 1. The molecule has 0 spiro atoms. The van der Waals surface area contributed by atoms with Gasteiger partial charge in [-0.15, -0.1) is 0 Å². The SMILES string of the molecule is CC(CCN)CCC(=O)c1ccc(C(F)(F)F)cc1. The molecule has 19 heavy (non-hydrogen) atoms. The summed E-state index contributed by atoms with van der Waals surface area (Å²) in [5.41, 5.74) is 5.00. The van der Waals surface area contributed by atoms with E-state index in [0.717, 1.165) is 18.6 Å². The number of rotatable bonds is 6. The normalized spacial score (nSPS) is 13.3. The molecule has 0 radical (unpaired) electrons. The lowest BCUT2D eigenvalue weighted by atomic mass is 9.97. The molecule has 5 heteroatoms. The van der Waals surface area contributed by atoms with E-state index in [1.807, 2.05) is 6.92 Å². The molecule has 1 aromatic rings. The zero-order valence-electron chi connectivity index (χ0n) is 10.8. The van der Waals surface area contributed by atoms with Crippen molar-refractivity contribution < 1.29 is 18.0 Å². The summed E-state index contributed by atoms with van der Waals surface area (Å²) in [6.45, 7) is 2.59. The van der Waals surface area contributed by atoms with Gasteiger partial charge in [-0.1, -0.05) is 19.1 Å². The highest BCUT2D eigenvalue weighted by molar-refractivity contribution is 5.96. The summed E-state index contributed by atoms with van der Waals surface area (Å²) in [4.78, 5) is 11.8. The molecule has 1 rings (SSSR count). The van der Waals surface area contributed by atoms with Gasteiger partial charge in [0.05, 0.1) is 5.56 Å². The van der Waals surface area contributed by atoms with Crippen molar-refractivity contribution in [1.82, 2.24) is 0 Å². The summed E-state index contributed by atoms with van der Waals surface area (Å²) in [6, 6.07) is 4.35. The standard InChI is InChI=1S/C14H18F3NO/c1-10(8-9-18)2-7-13(19)11-3-5-12(6-4-11)14(15,16)17/h3-6,10H,2,7-9,18H2,1H3. The fourth-order valence-electron chi connectivity index (χ4n) is 1.80. The monoisotopic (exact) mass is 273 g/mol. The summed E-state index contributed by atoms with van der Waals surface area (Å²) in [5.74, 6) is 0.223. The Morgan fingerprint density at radius 1 is 1.21 bits per heavy atom. The molecule has 1 atom stereocenters. The Morgan fingerprint density at radius 2 is 1.79 bits per heavy atom. The van der Waals surface area contributed by atoms with E-state index in [0.29, 0.717) is 30.9 Å². The molecule has 0 heterocycles. The first-order chi connectivity index (χ1) is 8.84. The molecule has 2 nitrogen and oxygen atoms in total. The van der Waals surface area contributed by atoms with E-state index >= 15 is 0 Å². The quantitative estimate of drug-likeness (QED) is 0.804. The van der Waals surface area contributed by atoms with Crippen molar-refractivity contribution in [1.29, 1.82) is 0 Å². The Kier molecular flexibility index (Phi) is 5.54. The van der Waals surface area contributed by atoms with Gasteiger partial charge in [0.15, 0.2) is 5.78 Å². The molecule has 0 aliphatic rings. The highest BCUT2D eigenvalue weighted by Crippen LogP contribution is 2.29. The fraction of sp³-hybridized carbons (Fsp3) is 0.500. The van der Waals surface area contributed by atoms with E-state index < -0.39 is 11.7 Å². The Bertz CT molecular complexity index is 412. The number of hydrogen-bond donors (Lipinski definition) is 1. The number of alkyl halides is 3. The van der Waals surface area contributed by atoms with E-state index in [-0.39, 0.29) is 5.78 Å². The maximum Gasteiger partial charge on any atom is 0.416 e. The smallest absolute Gasteiger partial charge is 0.330 e. The first-order valence-corrected chi connectivity index (χ1v) is 6.25. The van der Waals surface area contributed by atoms with E-state index in [2.05, 4.69) is 0 Å². The van der Waals surface area contributed by atoms with Crippen LogP contribution in [0.3, 0.4) is 0 Å². The Balaban J connectivity index is 2.59. The number of halogens is 3. The van der Waals surface area contributed by atoms with Gasteiger partial charge < -0.3 is 5.73 Å². The van der Waals surface area contributed by atoms with Crippen LogP contribution < -0.4 is 5.73 Å². The van der Waals surface area contributed by atoms with Crippen LogP contribution in [0, 0.1) is 5.92 Å². The summed E-state index contributed by atoms with van der Waals surface area (Å²) >= 11 is 0. The van der Waals surface area contributed by atoms with E-state index in [1.54, 1.807) is 0 Å². The number of Topliss-reactive ketones (excluding diaryl/α,β-unsaturated/α-hetero) is 1. The minimum atomic E-state index is -4.36. The predicted molar refractivity (Wildman–Crippen MR) is 67.8 cm³/mol. The van der Waals surface area contributed by atoms with Crippen molar-refractivity contribution in [2.24, 2.45) is 11.7 Å². The highest BCUT2D eigenvalue weighted by atomic mass is 19.4. The number of benzene rings is 1. The third kappa shape index (κ3) is 5.03. The fourth-order valence-corrected chi connectivity index (χ4v) is 1.80. The van der Waals surface area contributed by atoms with Crippen LogP contribution in [0.2, 0.25) is 0 Å². The molecule has 1 unspecified atom stereocenters. The van der Waals surface area contributed by atoms with Crippen molar-refractivity contribution in [3.8, 4) is 0 Å². The summed E-state index contributed by atoms with van der Waals surface area (Å²) in [6.07, 6.45) is -2.47. The van der Waals surface area contributed by atoms with Crippen molar-refractivity contribution >= 4 is 5.78 Å². The lowest BCUT2D eigenvalue weighted by Crippen LogP contribution is -2.09. The van der Waals surface area contributed by atoms with Gasteiger partial charge in [-0.2, -0.15) is 13.2 Å². The molecule has 0 aromatic heterocycles. The van der Waals surface area contributed by atoms with Crippen molar-refractivity contribution in [3.63, 3.8) is 0 Å².